The Labute approximate surface area is 167 Å². The fourth-order valence-electron chi connectivity index (χ4n) is 3.40. The van der Waals surface area contributed by atoms with Crippen molar-refractivity contribution in [1.29, 1.82) is 0 Å². The molecule has 29 heavy (non-hydrogen) atoms. The van der Waals surface area contributed by atoms with Gasteiger partial charge in [0.15, 0.2) is 17.2 Å². The van der Waals surface area contributed by atoms with Crippen LogP contribution in [0.2, 0.25) is 0 Å². The number of rotatable bonds is 5. The van der Waals surface area contributed by atoms with Crippen molar-refractivity contribution in [2.45, 2.75) is 6.54 Å². The molecular weight excluding hydrogens is 366 g/mol. The van der Waals surface area contributed by atoms with Crippen LogP contribution in [0.15, 0.2) is 78.9 Å². The third kappa shape index (κ3) is 3.25. The molecule has 3 aromatic carbocycles. The van der Waals surface area contributed by atoms with Gasteiger partial charge in [0.1, 0.15) is 5.69 Å². The predicted molar refractivity (Wildman–Crippen MR) is 107 cm³/mol. The summed E-state index contributed by atoms with van der Waals surface area (Å²) in [6.07, 6.45) is 0. The summed E-state index contributed by atoms with van der Waals surface area (Å²) in [6.45, 7) is 0.684. The van der Waals surface area contributed by atoms with E-state index >= 15 is 0 Å². The average Bonchev–Trinajstić information content (AvgIpc) is 3.41. The third-order valence-electron chi connectivity index (χ3n) is 4.80. The summed E-state index contributed by atoms with van der Waals surface area (Å²) in [6, 6.07) is 24.6. The van der Waals surface area contributed by atoms with Gasteiger partial charge in [-0.2, -0.15) is 0 Å². The normalized spacial score (nSPS) is 12.1. The fourth-order valence-corrected chi connectivity index (χ4v) is 3.40. The van der Waals surface area contributed by atoms with Crippen LogP contribution < -0.4 is 9.47 Å². The molecule has 0 saturated heterocycles. The van der Waals surface area contributed by atoms with Crippen molar-refractivity contribution in [3.05, 3.63) is 95.7 Å². The average molecular weight is 383 g/mol. The second-order valence-electron chi connectivity index (χ2n) is 6.69. The van der Waals surface area contributed by atoms with Gasteiger partial charge in [-0.05, 0) is 17.7 Å². The first-order chi connectivity index (χ1) is 14.3. The Morgan fingerprint density at radius 1 is 0.897 bits per heavy atom. The van der Waals surface area contributed by atoms with E-state index < -0.39 is 0 Å². The second-order valence-corrected chi connectivity index (χ2v) is 6.69. The van der Waals surface area contributed by atoms with Gasteiger partial charge in [-0.25, -0.2) is 4.68 Å². The minimum atomic E-state index is -0.151. The maximum atomic E-state index is 13.1. The van der Waals surface area contributed by atoms with Gasteiger partial charge >= 0.3 is 0 Å². The molecule has 0 amide bonds. The highest BCUT2D eigenvalue weighted by Crippen LogP contribution is 2.33. The van der Waals surface area contributed by atoms with Crippen molar-refractivity contribution in [2.24, 2.45) is 0 Å². The summed E-state index contributed by atoms with van der Waals surface area (Å²) in [5, 5.41) is 8.55. The van der Waals surface area contributed by atoms with Crippen molar-refractivity contribution in [1.82, 2.24) is 15.0 Å². The van der Waals surface area contributed by atoms with Gasteiger partial charge < -0.3 is 9.47 Å². The van der Waals surface area contributed by atoms with Crippen LogP contribution in [0.1, 0.15) is 21.6 Å². The number of aromatic nitrogens is 3. The molecular formula is C23H17N3O3. The molecule has 0 atom stereocenters. The highest BCUT2D eigenvalue weighted by Gasteiger charge is 2.23. The number of carbonyl (C=O) groups excluding carboxylic acids is 1. The first kappa shape index (κ1) is 17.2. The van der Waals surface area contributed by atoms with Crippen LogP contribution in [0.5, 0.6) is 11.5 Å². The second kappa shape index (κ2) is 7.24. The molecule has 0 radical (unpaired) electrons. The third-order valence-corrected chi connectivity index (χ3v) is 4.80. The summed E-state index contributed by atoms with van der Waals surface area (Å²) in [5.41, 5.74) is 3.48. The molecule has 2 heterocycles. The van der Waals surface area contributed by atoms with Crippen LogP contribution >= 0.6 is 0 Å². The van der Waals surface area contributed by atoms with Gasteiger partial charge in [-0.1, -0.05) is 71.9 Å². The SMILES string of the molecule is O=C(c1ccccc1)c1nnn(Cc2ccc3c(c2)OCO3)c1-c1ccccc1. The molecule has 0 unspecified atom stereocenters. The quantitative estimate of drug-likeness (QED) is 0.488. The maximum absolute atomic E-state index is 13.1. The van der Waals surface area contributed by atoms with E-state index in [-0.39, 0.29) is 12.6 Å². The fraction of sp³-hybridized carbons (Fsp3) is 0.0870. The van der Waals surface area contributed by atoms with Gasteiger partial charge in [0.25, 0.3) is 0 Å². The van der Waals surface area contributed by atoms with Crippen LogP contribution in [-0.2, 0) is 6.54 Å². The molecule has 0 aliphatic carbocycles. The molecule has 5 rings (SSSR count). The van der Waals surface area contributed by atoms with Crippen molar-refractivity contribution in [3.63, 3.8) is 0 Å². The Hall–Kier alpha value is -3.93. The van der Waals surface area contributed by atoms with Gasteiger partial charge in [0.2, 0.25) is 12.6 Å². The van der Waals surface area contributed by atoms with Crippen LogP contribution in [0.4, 0.5) is 0 Å². The number of benzene rings is 3. The van der Waals surface area contributed by atoms with E-state index in [9.17, 15) is 4.79 Å². The topological polar surface area (TPSA) is 66.2 Å². The van der Waals surface area contributed by atoms with Gasteiger partial charge in [0.05, 0.1) is 6.54 Å². The van der Waals surface area contributed by atoms with Crippen molar-refractivity contribution < 1.29 is 14.3 Å². The molecule has 6 heteroatoms. The Balaban J connectivity index is 1.57. The smallest absolute Gasteiger partial charge is 0.231 e. The van der Waals surface area contributed by atoms with E-state index in [0.29, 0.717) is 29.2 Å². The lowest BCUT2D eigenvalue weighted by atomic mass is 10.0. The lowest BCUT2D eigenvalue weighted by Gasteiger charge is -2.09. The van der Waals surface area contributed by atoms with Gasteiger partial charge in [0, 0.05) is 11.1 Å². The van der Waals surface area contributed by atoms with Crippen LogP contribution in [0.3, 0.4) is 0 Å². The zero-order valence-electron chi connectivity index (χ0n) is 15.5. The molecule has 0 fully saturated rings. The highest BCUT2D eigenvalue weighted by atomic mass is 16.7. The zero-order chi connectivity index (χ0) is 19.6. The van der Waals surface area contributed by atoms with E-state index in [0.717, 1.165) is 16.9 Å². The maximum Gasteiger partial charge on any atom is 0.231 e. The molecule has 0 N–H and O–H groups in total. The monoisotopic (exact) mass is 383 g/mol. The van der Waals surface area contributed by atoms with Gasteiger partial charge in [-0.15, -0.1) is 5.10 Å². The van der Waals surface area contributed by atoms with Crippen LogP contribution in [-0.4, -0.2) is 27.6 Å². The summed E-state index contributed by atoms with van der Waals surface area (Å²) < 4.78 is 12.6. The summed E-state index contributed by atoms with van der Waals surface area (Å²) in [4.78, 5) is 13.1. The minimum Gasteiger partial charge on any atom is -0.454 e. The molecule has 0 spiro atoms. The Kier molecular flexibility index (Phi) is 4.29. The zero-order valence-corrected chi connectivity index (χ0v) is 15.5. The predicted octanol–water partition coefficient (Wildman–Crippen LogP) is 3.95. The number of nitrogens with zero attached hydrogens (tertiary/aromatic N) is 3. The molecule has 4 aromatic rings. The minimum absolute atomic E-state index is 0.151. The van der Waals surface area contributed by atoms with E-state index in [1.165, 1.54) is 0 Å². The lowest BCUT2D eigenvalue weighted by molar-refractivity contribution is 0.103. The summed E-state index contributed by atoms with van der Waals surface area (Å²) in [5.74, 6) is 1.29. The first-order valence-corrected chi connectivity index (χ1v) is 9.27. The largest absolute Gasteiger partial charge is 0.454 e. The molecule has 1 aromatic heterocycles. The number of hydrogen-bond donors (Lipinski definition) is 0. The van der Waals surface area contributed by atoms with Crippen molar-refractivity contribution >= 4 is 5.78 Å². The molecule has 0 bridgehead atoms. The number of ketones is 1. The number of ether oxygens (including phenoxy) is 2. The molecule has 142 valence electrons. The standard InChI is InChI=1S/C23H17N3O3/c27-23(18-9-5-2-6-10-18)21-22(17-7-3-1-4-8-17)26(25-24-21)14-16-11-12-19-20(13-16)29-15-28-19/h1-13H,14-15H2. The summed E-state index contributed by atoms with van der Waals surface area (Å²) in [7, 11) is 0. The van der Waals surface area contributed by atoms with E-state index in [1.54, 1.807) is 16.8 Å². The lowest BCUT2D eigenvalue weighted by Crippen LogP contribution is -2.07. The number of hydrogen-bond acceptors (Lipinski definition) is 5. The molecule has 1 aliphatic rings. The molecule has 6 nitrogen and oxygen atoms in total. The Morgan fingerprint density at radius 2 is 1.62 bits per heavy atom. The Bertz CT molecular complexity index is 1170. The summed E-state index contributed by atoms with van der Waals surface area (Å²) >= 11 is 0. The van der Waals surface area contributed by atoms with Crippen LogP contribution in [0, 0.1) is 0 Å². The van der Waals surface area contributed by atoms with Crippen LogP contribution in [0.25, 0.3) is 11.3 Å². The number of fused-ring (bicyclic) bond motifs is 1. The van der Waals surface area contributed by atoms with E-state index in [1.807, 2.05) is 66.7 Å². The highest BCUT2D eigenvalue weighted by molar-refractivity contribution is 6.10. The van der Waals surface area contributed by atoms with E-state index in [4.69, 9.17) is 9.47 Å². The van der Waals surface area contributed by atoms with Crippen molar-refractivity contribution in [3.8, 4) is 22.8 Å². The molecule has 0 saturated carbocycles. The molecule has 1 aliphatic heterocycles. The van der Waals surface area contributed by atoms with E-state index in [2.05, 4.69) is 10.3 Å². The van der Waals surface area contributed by atoms with Gasteiger partial charge in [-0.3, -0.25) is 4.79 Å². The van der Waals surface area contributed by atoms with Crippen molar-refractivity contribution in [2.75, 3.05) is 6.79 Å². The Morgan fingerprint density at radius 3 is 2.41 bits per heavy atom. The number of carbonyl (C=O) groups is 1. The first-order valence-electron chi connectivity index (χ1n) is 9.27.